The molecule has 0 bridgehead atoms. The number of fused-ring (bicyclic) bond motifs is 1. The van der Waals surface area contributed by atoms with Crippen molar-refractivity contribution >= 4 is 35.1 Å². The zero-order chi connectivity index (χ0) is 24.9. The maximum atomic E-state index is 13.4. The highest BCUT2D eigenvalue weighted by atomic mass is 32.1. The molecule has 2 heterocycles. The van der Waals surface area contributed by atoms with Crippen molar-refractivity contribution in [3.63, 3.8) is 0 Å². The van der Waals surface area contributed by atoms with Crippen LogP contribution in [0.2, 0.25) is 0 Å². The van der Waals surface area contributed by atoms with Crippen molar-refractivity contribution in [3.8, 4) is 11.8 Å². The summed E-state index contributed by atoms with van der Waals surface area (Å²) in [5, 5.41) is 20.4. The van der Waals surface area contributed by atoms with Gasteiger partial charge in [0.2, 0.25) is 0 Å². The lowest BCUT2D eigenvalue weighted by Gasteiger charge is -2.20. The number of rotatable bonds is 6. The minimum absolute atomic E-state index is 0.0180. The molecule has 0 saturated carbocycles. The summed E-state index contributed by atoms with van der Waals surface area (Å²) in [6.45, 7) is 1.90. The Morgan fingerprint density at radius 3 is 2.80 bits per heavy atom. The predicted molar refractivity (Wildman–Crippen MR) is 126 cm³/mol. The number of carbonyl (C=O) groups is 1. The number of thiazole rings is 1. The van der Waals surface area contributed by atoms with Gasteiger partial charge >= 0.3 is 5.97 Å². The van der Waals surface area contributed by atoms with E-state index in [9.17, 15) is 19.7 Å². The van der Waals surface area contributed by atoms with Crippen LogP contribution in [0.3, 0.4) is 0 Å². The molecule has 0 spiro atoms. The summed E-state index contributed by atoms with van der Waals surface area (Å²) in [6, 6.07) is 11.5. The first-order valence-electron chi connectivity index (χ1n) is 10.5. The van der Waals surface area contributed by atoms with E-state index in [0.29, 0.717) is 37.2 Å². The number of nitrogens with zero attached hydrogens (tertiary/aromatic N) is 3. The van der Waals surface area contributed by atoms with Crippen LogP contribution < -0.4 is 19.5 Å². The van der Waals surface area contributed by atoms with Crippen LogP contribution >= 0.6 is 11.3 Å². The first-order chi connectivity index (χ1) is 16.9. The van der Waals surface area contributed by atoms with E-state index in [1.54, 1.807) is 37.3 Å². The fourth-order valence-corrected chi connectivity index (χ4v) is 4.59. The van der Waals surface area contributed by atoms with Gasteiger partial charge in [-0.2, -0.15) is 5.26 Å². The fourth-order valence-electron chi connectivity index (χ4n) is 3.56. The molecule has 35 heavy (non-hydrogen) atoms. The Morgan fingerprint density at radius 2 is 2.11 bits per heavy atom. The Bertz CT molecular complexity index is 1510. The molecule has 0 aliphatic carbocycles. The smallest absolute Gasteiger partial charge is 0.333 e. The largest absolute Gasteiger partial charge is 0.467 e. The first-order valence-corrected chi connectivity index (χ1v) is 11.3. The van der Waals surface area contributed by atoms with Crippen molar-refractivity contribution in [1.82, 2.24) is 4.57 Å². The lowest BCUT2D eigenvalue weighted by atomic mass is 10.1. The molecule has 1 aliphatic heterocycles. The van der Waals surface area contributed by atoms with Gasteiger partial charge in [-0.05, 0) is 30.7 Å². The van der Waals surface area contributed by atoms with Crippen LogP contribution in [-0.2, 0) is 27.4 Å². The molecule has 1 aromatic heterocycles. The van der Waals surface area contributed by atoms with Crippen LogP contribution in [-0.4, -0.2) is 28.9 Å². The maximum absolute atomic E-state index is 13.4. The molecule has 0 N–H and O–H groups in total. The second-order valence-corrected chi connectivity index (χ2v) is 8.49. The van der Waals surface area contributed by atoms with Gasteiger partial charge in [-0.25, -0.2) is 4.79 Å². The van der Waals surface area contributed by atoms with Gasteiger partial charge in [0, 0.05) is 23.3 Å². The van der Waals surface area contributed by atoms with Crippen molar-refractivity contribution in [1.29, 1.82) is 5.26 Å². The van der Waals surface area contributed by atoms with Crippen molar-refractivity contribution < 1.29 is 23.9 Å². The highest BCUT2D eigenvalue weighted by molar-refractivity contribution is 7.07. The summed E-state index contributed by atoms with van der Waals surface area (Å²) in [7, 11) is 0. The number of non-ortho nitro benzene ring substituents is 1. The number of benzene rings is 2. The van der Waals surface area contributed by atoms with E-state index < -0.39 is 10.9 Å². The van der Waals surface area contributed by atoms with Crippen LogP contribution in [0.1, 0.15) is 29.2 Å². The Morgan fingerprint density at radius 1 is 1.34 bits per heavy atom. The van der Waals surface area contributed by atoms with Gasteiger partial charge in [-0.15, -0.1) is 11.3 Å². The van der Waals surface area contributed by atoms with Crippen LogP contribution in [0.15, 0.2) is 41.2 Å². The van der Waals surface area contributed by atoms with Gasteiger partial charge in [0.25, 0.3) is 11.2 Å². The van der Waals surface area contributed by atoms with E-state index in [1.165, 1.54) is 22.8 Å². The summed E-state index contributed by atoms with van der Waals surface area (Å²) < 4.78 is 17.9. The van der Waals surface area contributed by atoms with E-state index in [0.717, 1.165) is 11.3 Å². The number of aromatic nitrogens is 1. The molecule has 0 amide bonds. The number of ether oxygens (including phenoxy) is 3. The minimum atomic E-state index is -0.613. The van der Waals surface area contributed by atoms with Crippen molar-refractivity contribution in [2.75, 3.05) is 13.4 Å². The Balaban J connectivity index is 1.87. The summed E-state index contributed by atoms with van der Waals surface area (Å²) in [6.07, 6.45) is 2.87. The predicted octanol–water partition coefficient (Wildman–Crippen LogP) is 1.78. The molecule has 178 valence electrons. The fraction of sp³-hybridized carbons (Fsp3) is 0.208. The van der Waals surface area contributed by atoms with Gasteiger partial charge in [-0.3, -0.25) is 19.5 Å². The zero-order valence-electron chi connectivity index (χ0n) is 18.6. The number of esters is 1. The summed E-state index contributed by atoms with van der Waals surface area (Å²) in [5.74, 6) is -0.196. The molecule has 3 aromatic rings. The van der Waals surface area contributed by atoms with Crippen LogP contribution in [0.4, 0.5) is 5.69 Å². The van der Waals surface area contributed by atoms with Crippen molar-refractivity contribution in [3.05, 3.63) is 88.3 Å². The third kappa shape index (κ3) is 5.29. The second kappa shape index (κ2) is 10.3. The SMILES string of the molecule is CCOC(=O)/C=c1\s/c(=C/c2ccc(C#N)cc2)c(=O)n1Cc1cc([N+](=O)[O-])cc2c1OCOC2. The van der Waals surface area contributed by atoms with Crippen molar-refractivity contribution in [2.45, 2.75) is 20.1 Å². The molecule has 0 unspecified atom stereocenters. The Labute approximate surface area is 202 Å². The summed E-state index contributed by atoms with van der Waals surface area (Å²) in [4.78, 5) is 36.5. The summed E-state index contributed by atoms with van der Waals surface area (Å²) in [5.41, 5.74) is 1.57. The molecule has 11 heteroatoms. The molecule has 0 atom stereocenters. The van der Waals surface area contributed by atoms with E-state index >= 15 is 0 Å². The number of hydrogen-bond acceptors (Lipinski definition) is 9. The maximum Gasteiger partial charge on any atom is 0.333 e. The number of carbonyl (C=O) groups excluding carboxylic acids is 1. The number of nitro benzene ring substituents is 1. The number of nitro groups is 1. The van der Waals surface area contributed by atoms with Gasteiger partial charge in [0.1, 0.15) is 10.4 Å². The van der Waals surface area contributed by atoms with Crippen LogP contribution in [0.5, 0.6) is 5.75 Å². The first kappa shape index (κ1) is 23.9. The molecule has 2 aromatic carbocycles. The molecular formula is C24H19N3O7S. The molecule has 0 radical (unpaired) electrons. The quantitative estimate of drug-likeness (QED) is 0.288. The third-order valence-electron chi connectivity index (χ3n) is 5.11. The lowest BCUT2D eigenvalue weighted by Crippen LogP contribution is -2.32. The topological polar surface area (TPSA) is 134 Å². The van der Waals surface area contributed by atoms with E-state index in [2.05, 4.69) is 0 Å². The third-order valence-corrected chi connectivity index (χ3v) is 6.17. The normalized spacial score (nSPS) is 13.6. The average molecular weight is 493 g/mol. The number of hydrogen-bond donors (Lipinski definition) is 0. The zero-order valence-corrected chi connectivity index (χ0v) is 19.4. The standard InChI is InChI=1S/C24H19N3O7S/c1-2-33-22(28)10-21-26(24(29)20(35-21)7-15-3-5-16(11-25)6-4-15)12-17-8-19(27(30)31)9-18-13-32-14-34-23(17)18/h3-10H,2,12-14H2,1H3/b20-7+,21-10-. The van der Waals surface area contributed by atoms with Crippen molar-refractivity contribution in [2.24, 2.45) is 0 Å². The monoisotopic (exact) mass is 493 g/mol. The van der Waals surface area contributed by atoms with Crippen LogP contribution in [0, 0.1) is 21.4 Å². The van der Waals surface area contributed by atoms with Gasteiger partial charge < -0.3 is 14.2 Å². The lowest BCUT2D eigenvalue weighted by molar-refractivity contribution is -0.385. The van der Waals surface area contributed by atoms with Gasteiger partial charge in [-0.1, -0.05) is 12.1 Å². The highest BCUT2D eigenvalue weighted by Crippen LogP contribution is 2.32. The minimum Gasteiger partial charge on any atom is -0.467 e. The van der Waals surface area contributed by atoms with Gasteiger partial charge in [0.05, 0.1) is 46.9 Å². The summed E-state index contributed by atoms with van der Waals surface area (Å²) >= 11 is 1.09. The molecule has 1 aliphatic rings. The molecular weight excluding hydrogens is 474 g/mol. The molecule has 0 fully saturated rings. The molecule has 10 nitrogen and oxygen atoms in total. The molecule has 0 saturated heterocycles. The van der Waals surface area contributed by atoms with E-state index in [4.69, 9.17) is 19.5 Å². The highest BCUT2D eigenvalue weighted by Gasteiger charge is 2.22. The van der Waals surface area contributed by atoms with Gasteiger partial charge in [0.15, 0.2) is 6.79 Å². The Kier molecular flexibility index (Phi) is 7.05. The number of nitriles is 1. The van der Waals surface area contributed by atoms with Crippen LogP contribution in [0.25, 0.3) is 12.2 Å². The average Bonchev–Trinajstić information content (AvgIpc) is 3.13. The second-order valence-electron chi connectivity index (χ2n) is 7.43. The Hall–Kier alpha value is -4.27. The van der Waals surface area contributed by atoms with E-state index in [-0.39, 0.29) is 37.8 Å². The van der Waals surface area contributed by atoms with E-state index in [1.807, 2.05) is 6.07 Å². The molecule has 4 rings (SSSR count).